The van der Waals surface area contributed by atoms with Crippen LogP contribution in [0.1, 0.15) is 26.7 Å². The van der Waals surface area contributed by atoms with Crippen LogP contribution in [0.15, 0.2) is 30.5 Å². The van der Waals surface area contributed by atoms with Crippen molar-refractivity contribution < 1.29 is 13.9 Å². The van der Waals surface area contributed by atoms with Crippen molar-refractivity contribution in [2.45, 2.75) is 38.8 Å². The van der Waals surface area contributed by atoms with Gasteiger partial charge >= 0.3 is 0 Å². The van der Waals surface area contributed by atoms with E-state index in [0.29, 0.717) is 29.7 Å². The van der Waals surface area contributed by atoms with Gasteiger partial charge in [-0.3, -0.25) is 9.78 Å². The standard InChI is InChI=1S/C19H24FN3O2.2ClH/c1-12(2)17(21)19(24)23-10-7-13(8-11-23)25-16-6-5-15(20)14-4-3-9-22-18(14)16;;/h3-6,9,12-13,17H,7-8,10-11,21H2,1-2H3;2*1H. The highest BCUT2D eigenvalue weighted by atomic mass is 35.5. The number of piperidine rings is 1. The highest BCUT2D eigenvalue weighted by molar-refractivity contribution is 5.86. The summed E-state index contributed by atoms with van der Waals surface area (Å²) in [6.45, 7) is 5.14. The molecule has 2 aromatic rings. The molecule has 1 unspecified atom stereocenters. The second kappa shape index (κ2) is 10.1. The maximum Gasteiger partial charge on any atom is 0.239 e. The maximum absolute atomic E-state index is 13.9. The summed E-state index contributed by atoms with van der Waals surface area (Å²) in [6, 6.07) is 5.97. The van der Waals surface area contributed by atoms with Gasteiger partial charge in [0.05, 0.1) is 6.04 Å². The fraction of sp³-hybridized carbons (Fsp3) is 0.474. The number of hydrogen-bond acceptors (Lipinski definition) is 4. The van der Waals surface area contributed by atoms with Gasteiger partial charge in [-0.1, -0.05) is 13.8 Å². The number of ether oxygens (including phenoxy) is 1. The van der Waals surface area contributed by atoms with Crippen molar-refractivity contribution in [2.75, 3.05) is 13.1 Å². The van der Waals surface area contributed by atoms with Crippen LogP contribution in [0.3, 0.4) is 0 Å². The molecular weight excluding hydrogens is 392 g/mol. The Bertz CT molecular complexity index is 768. The summed E-state index contributed by atoms with van der Waals surface area (Å²) in [5.74, 6) is 0.402. The monoisotopic (exact) mass is 417 g/mol. The molecule has 1 aromatic carbocycles. The maximum atomic E-state index is 13.9. The largest absolute Gasteiger partial charge is 0.488 e. The Hall–Kier alpha value is -1.63. The van der Waals surface area contributed by atoms with Crippen LogP contribution in [0.4, 0.5) is 4.39 Å². The summed E-state index contributed by atoms with van der Waals surface area (Å²) < 4.78 is 19.9. The minimum absolute atomic E-state index is 0. The first-order valence-electron chi connectivity index (χ1n) is 8.71. The Kier molecular flexibility index (Phi) is 8.72. The number of benzene rings is 1. The van der Waals surface area contributed by atoms with Crippen molar-refractivity contribution in [2.24, 2.45) is 11.7 Å². The third kappa shape index (κ3) is 5.21. The summed E-state index contributed by atoms with van der Waals surface area (Å²) >= 11 is 0. The molecule has 8 heteroatoms. The molecule has 3 rings (SSSR count). The zero-order valence-electron chi connectivity index (χ0n) is 15.4. The molecule has 0 aliphatic carbocycles. The van der Waals surface area contributed by atoms with E-state index < -0.39 is 6.04 Å². The molecule has 0 spiro atoms. The Morgan fingerprint density at radius 2 is 1.93 bits per heavy atom. The number of likely N-dealkylation sites (tertiary alicyclic amines) is 1. The molecular formula is C19H26Cl2FN3O2. The van der Waals surface area contributed by atoms with Crippen LogP contribution in [0.25, 0.3) is 10.9 Å². The molecule has 1 amide bonds. The average Bonchev–Trinajstić information content (AvgIpc) is 2.63. The van der Waals surface area contributed by atoms with Gasteiger partial charge in [0, 0.05) is 37.5 Å². The van der Waals surface area contributed by atoms with Gasteiger partial charge in [0.15, 0.2) is 0 Å². The fourth-order valence-electron chi connectivity index (χ4n) is 3.08. The molecule has 1 atom stereocenters. The normalized spacial score (nSPS) is 15.8. The molecule has 0 saturated carbocycles. The number of rotatable bonds is 4. The van der Waals surface area contributed by atoms with Crippen LogP contribution < -0.4 is 10.5 Å². The number of nitrogens with two attached hydrogens (primary N) is 1. The Balaban J connectivity index is 0.00000182. The summed E-state index contributed by atoms with van der Waals surface area (Å²) in [5.41, 5.74) is 6.49. The Labute approximate surface area is 171 Å². The van der Waals surface area contributed by atoms with E-state index in [1.165, 1.54) is 6.07 Å². The lowest BCUT2D eigenvalue weighted by Gasteiger charge is -2.34. The van der Waals surface area contributed by atoms with E-state index >= 15 is 0 Å². The van der Waals surface area contributed by atoms with Gasteiger partial charge in [-0.25, -0.2) is 4.39 Å². The molecule has 2 heterocycles. The zero-order chi connectivity index (χ0) is 18.0. The first-order valence-corrected chi connectivity index (χ1v) is 8.71. The van der Waals surface area contributed by atoms with Crippen molar-refractivity contribution in [3.8, 4) is 5.75 Å². The van der Waals surface area contributed by atoms with Gasteiger partial charge in [-0.15, -0.1) is 24.8 Å². The molecule has 150 valence electrons. The smallest absolute Gasteiger partial charge is 0.239 e. The van der Waals surface area contributed by atoms with Crippen LogP contribution in [-0.2, 0) is 4.79 Å². The number of nitrogens with zero attached hydrogens (tertiary/aromatic N) is 2. The number of fused-ring (bicyclic) bond motifs is 1. The lowest BCUT2D eigenvalue weighted by atomic mass is 10.0. The number of aromatic nitrogens is 1. The molecule has 1 fully saturated rings. The van der Waals surface area contributed by atoms with Crippen LogP contribution in [-0.4, -0.2) is 41.0 Å². The second-order valence-electron chi connectivity index (χ2n) is 6.86. The average molecular weight is 418 g/mol. The molecule has 2 N–H and O–H groups in total. The van der Waals surface area contributed by atoms with Crippen LogP contribution in [0.5, 0.6) is 5.75 Å². The topological polar surface area (TPSA) is 68.5 Å². The molecule has 1 saturated heterocycles. The van der Waals surface area contributed by atoms with E-state index in [-0.39, 0.29) is 48.6 Å². The molecule has 5 nitrogen and oxygen atoms in total. The number of hydrogen-bond donors (Lipinski definition) is 1. The van der Waals surface area contributed by atoms with E-state index in [9.17, 15) is 9.18 Å². The SMILES string of the molecule is CC(C)C(N)C(=O)N1CCC(Oc2ccc(F)c3cccnc23)CC1.Cl.Cl. The van der Waals surface area contributed by atoms with Crippen molar-refractivity contribution in [3.05, 3.63) is 36.3 Å². The predicted molar refractivity (Wildman–Crippen MR) is 109 cm³/mol. The van der Waals surface area contributed by atoms with Gasteiger partial charge < -0.3 is 15.4 Å². The van der Waals surface area contributed by atoms with Crippen molar-refractivity contribution >= 4 is 41.6 Å². The lowest BCUT2D eigenvalue weighted by Crippen LogP contribution is -2.50. The van der Waals surface area contributed by atoms with Gasteiger partial charge in [-0.05, 0) is 30.2 Å². The van der Waals surface area contributed by atoms with E-state index in [4.69, 9.17) is 10.5 Å². The second-order valence-corrected chi connectivity index (χ2v) is 6.86. The van der Waals surface area contributed by atoms with Gasteiger partial charge in [0.25, 0.3) is 0 Å². The molecule has 0 bridgehead atoms. The van der Waals surface area contributed by atoms with Crippen LogP contribution in [0, 0.1) is 11.7 Å². The van der Waals surface area contributed by atoms with Gasteiger partial charge in [0.2, 0.25) is 5.91 Å². The number of carbonyl (C=O) groups excluding carboxylic acids is 1. The fourth-order valence-corrected chi connectivity index (χ4v) is 3.08. The molecule has 1 aliphatic rings. The molecule has 0 radical (unpaired) electrons. The molecule has 1 aromatic heterocycles. The van der Waals surface area contributed by atoms with E-state index in [1.54, 1.807) is 24.4 Å². The van der Waals surface area contributed by atoms with Gasteiger partial charge in [0.1, 0.15) is 23.2 Å². The highest BCUT2D eigenvalue weighted by Crippen LogP contribution is 2.28. The van der Waals surface area contributed by atoms with E-state index in [0.717, 1.165) is 12.8 Å². The Morgan fingerprint density at radius 3 is 2.56 bits per heavy atom. The first-order chi connectivity index (χ1) is 12.0. The van der Waals surface area contributed by atoms with E-state index in [2.05, 4.69) is 4.98 Å². The van der Waals surface area contributed by atoms with Crippen LogP contribution >= 0.6 is 24.8 Å². The number of pyridine rings is 1. The van der Waals surface area contributed by atoms with E-state index in [1.807, 2.05) is 18.7 Å². The molecule has 1 aliphatic heterocycles. The predicted octanol–water partition coefficient (Wildman–Crippen LogP) is 3.57. The summed E-state index contributed by atoms with van der Waals surface area (Å²) in [4.78, 5) is 18.4. The zero-order valence-corrected chi connectivity index (χ0v) is 17.1. The van der Waals surface area contributed by atoms with Gasteiger partial charge in [-0.2, -0.15) is 0 Å². The minimum atomic E-state index is -0.456. The summed E-state index contributed by atoms with van der Waals surface area (Å²) in [5, 5.41) is 0.454. The summed E-state index contributed by atoms with van der Waals surface area (Å²) in [7, 11) is 0. The number of halogens is 3. The number of carbonyl (C=O) groups is 1. The highest BCUT2D eigenvalue weighted by Gasteiger charge is 2.28. The lowest BCUT2D eigenvalue weighted by molar-refractivity contribution is -0.135. The minimum Gasteiger partial charge on any atom is -0.488 e. The number of amides is 1. The third-order valence-electron chi connectivity index (χ3n) is 4.73. The quantitative estimate of drug-likeness (QED) is 0.825. The summed E-state index contributed by atoms with van der Waals surface area (Å²) in [6.07, 6.45) is 3.06. The van der Waals surface area contributed by atoms with Crippen molar-refractivity contribution in [1.29, 1.82) is 0 Å². The Morgan fingerprint density at radius 1 is 1.26 bits per heavy atom. The van der Waals surface area contributed by atoms with Crippen molar-refractivity contribution in [3.63, 3.8) is 0 Å². The van der Waals surface area contributed by atoms with Crippen LogP contribution in [0.2, 0.25) is 0 Å². The first kappa shape index (κ1) is 23.4. The molecule has 27 heavy (non-hydrogen) atoms. The third-order valence-corrected chi connectivity index (χ3v) is 4.73. The van der Waals surface area contributed by atoms with Crippen molar-refractivity contribution in [1.82, 2.24) is 9.88 Å².